The summed E-state index contributed by atoms with van der Waals surface area (Å²) in [6.07, 6.45) is 3.45. The highest BCUT2D eigenvalue weighted by Crippen LogP contribution is 2.37. The van der Waals surface area contributed by atoms with E-state index in [1.165, 1.54) is 16.7 Å². The van der Waals surface area contributed by atoms with Crippen molar-refractivity contribution in [3.05, 3.63) is 70.0 Å². The fourth-order valence-corrected chi connectivity index (χ4v) is 4.39. The van der Waals surface area contributed by atoms with Crippen molar-refractivity contribution in [2.45, 2.75) is 6.54 Å². The second-order valence-electron chi connectivity index (χ2n) is 7.93. The van der Waals surface area contributed by atoms with Crippen LogP contribution in [0.3, 0.4) is 0 Å². The summed E-state index contributed by atoms with van der Waals surface area (Å²) in [4.78, 5) is 28.5. The predicted molar refractivity (Wildman–Crippen MR) is 130 cm³/mol. The van der Waals surface area contributed by atoms with Crippen LogP contribution in [0.2, 0.25) is 10.0 Å². The van der Waals surface area contributed by atoms with Gasteiger partial charge in [0.05, 0.1) is 15.7 Å². The number of fused-ring (bicyclic) bond motifs is 2. The molecule has 0 spiro atoms. The van der Waals surface area contributed by atoms with E-state index >= 15 is 0 Å². The fourth-order valence-electron chi connectivity index (χ4n) is 3.79. The minimum atomic E-state index is -0.334. The van der Waals surface area contributed by atoms with Gasteiger partial charge in [-0.1, -0.05) is 35.3 Å². The van der Waals surface area contributed by atoms with Gasteiger partial charge in [0.2, 0.25) is 11.8 Å². The second kappa shape index (κ2) is 8.55. The monoisotopic (exact) mass is 482 g/mol. The van der Waals surface area contributed by atoms with E-state index in [9.17, 15) is 4.79 Å². The van der Waals surface area contributed by atoms with E-state index in [1.54, 1.807) is 18.2 Å². The number of halogens is 2. The molecule has 0 saturated carbocycles. The maximum Gasteiger partial charge on any atom is 0.268 e. The molecule has 0 radical (unpaired) electrons. The summed E-state index contributed by atoms with van der Waals surface area (Å²) in [5, 5.41) is 5.05. The van der Waals surface area contributed by atoms with Crippen LogP contribution in [-0.2, 0) is 6.54 Å². The average Bonchev–Trinajstić information content (AvgIpc) is 3.16. The highest BCUT2D eigenvalue weighted by atomic mass is 35.5. The normalized spacial score (nSPS) is 13.4. The molecule has 2 aromatic heterocycles. The van der Waals surface area contributed by atoms with Crippen molar-refractivity contribution < 1.29 is 9.53 Å². The van der Waals surface area contributed by atoms with E-state index < -0.39 is 0 Å². The van der Waals surface area contributed by atoms with Gasteiger partial charge < -0.3 is 19.9 Å². The van der Waals surface area contributed by atoms with Gasteiger partial charge in [0, 0.05) is 35.5 Å². The van der Waals surface area contributed by atoms with Crippen molar-refractivity contribution in [1.82, 2.24) is 19.9 Å². The number of aromatic nitrogens is 3. The highest BCUT2D eigenvalue weighted by Gasteiger charge is 2.31. The number of rotatable bonds is 5. The average molecular weight is 483 g/mol. The number of amides is 1. The standard InChI is InChI=1S/C23H20Cl2N6O2/c1-30(2)11-13-9-26-19-8-14(6-7-15(13)19)28-23-27-10-16-21(29-23)33-12-31(22(16)32)20-17(24)4-3-5-18(20)25/h3-10,26H,11-12H2,1-2H3,(H,27,28,29). The third kappa shape index (κ3) is 4.08. The van der Waals surface area contributed by atoms with Gasteiger partial charge in [-0.05, 0) is 43.9 Å². The van der Waals surface area contributed by atoms with Crippen LogP contribution in [0.4, 0.5) is 17.3 Å². The third-order valence-corrected chi connectivity index (χ3v) is 5.89. The van der Waals surface area contributed by atoms with E-state index in [0.29, 0.717) is 21.7 Å². The van der Waals surface area contributed by atoms with Crippen molar-refractivity contribution in [2.24, 2.45) is 0 Å². The largest absolute Gasteiger partial charge is 0.455 e. The molecule has 1 aliphatic rings. The lowest BCUT2D eigenvalue weighted by Gasteiger charge is -2.29. The lowest BCUT2D eigenvalue weighted by Crippen LogP contribution is -2.39. The van der Waals surface area contributed by atoms with Crippen molar-refractivity contribution in [3.8, 4) is 5.88 Å². The highest BCUT2D eigenvalue weighted by molar-refractivity contribution is 6.40. The molecule has 2 N–H and O–H groups in total. The minimum absolute atomic E-state index is 0.0607. The summed E-state index contributed by atoms with van der Waals surface area (Å²) >= 11 is 12.5. The van der Waals surface area contributed by atoms with Crippen molar-refractivity contribution in [1.29, 1.82) is 0 Å². The van der Waals surface area contributed by atoms with Gasteiger partial charge in [0.1, 0.15) is 5.56 Å². The molecule has 0 unspecified atom stereocenters. The molecule has 8 nitrogen and oxygen atoms in total. The number of para-hydroxylation sites is 1. The zero-order valence-electron chi connectivity index (χ0n) is 17.9. The number of H-pyrrole nitrogens is 1. The van der Waals surface area contributed by atoms with Crippen LogP contribution >= 0.6 is 23.2 Å². The van der Waals surface area contributed by atoms with Crippen LogP contribution in [-0.4, -0.2) is 46.6 Å². The van der Waals surface area contributed by atoms with E-state index in [1.807, 2.05) is 32.4 Å². The van der Waals surface area contributed by atoms with E-state index in [2.05, 4.69) is 31.2 Å². The first-order valence-corrected chi connectivity index (χ1v) is 10.9. The molecule has 0 atom stereocenters. The first-order valence-electron chi connectivity index (χ1n) is 10.2. The zero-order valence-corrected chi connectivity index (χ0v) is 19.4. The maximum absolute atomic E-state index is 13.0. The molecule has 5 rings (SSSR count). The molecule has 0 aliphatic carbocycles. The molecule has 1 amide bonds. The van der Waals surface area contributed by atoms with Crippen LogP contribution in [0.25, 0.3) is 10.9 Å². The Kier molecular flexibility index (Phi) is 5.57. The van der Waals surface area contributed by atoms with Crippen LogP contribution in [0.15, 0.2) is 48.8 Å². The number of ether oxygens (including phenoxy) is 1. The molecule has 3 heterocycles. The number of nitrogens with one attached hydrogen (secondary N) is 2. The Morgan fingerprint density at radius 3 is 2.76 bits per heavy atom. The quantitative estimate of drug-likeness (QED) is 0.413. The zero-order chi connectivity index (χ0) is 23.1. The summed E-state index contributed by atoms with van der Waals surface area (Å²) in [5.74, 6) is 0.190. The number of aromatic amines is 1. The summed E-state index contributed by atoms with van der Waals surface area (Å²) in [7, 11) is 4.08. The Balaban J connectivity index is 1.38. The number of carbonyl (C=O) groups excluding carboxylic acids is 1. The number of anilines is 3. The van der Waals surface area contributed by atoms with Gasteiger partial charge in [-0.15, -0.1) is 0 Å². The van der Waals surface area contributed by atoms with Crippen LogP contribution in [0, 0.1) is 0 Å². The Morgan fingerprint density at radius 2 is 2.00 bits per heavy atom. The topological polar surface area (TPSA) is 86.4 Å². The summed E-state index contributed by atoms with van der Waals surface area (Å²) in [6.45, 7) is 0.789. The first-order chi connectivity index (χ1) is 15.9. The number of hydrogen-bond acceptors (Lipinski definition) is 6. The molecular weight excluding hydrogens is 463 g/mol. The smallest absolute Gasteiger partial charge is 0.268 e. The number of benzene rings is 2. The van der Waals surface area contributed by atoms with Crippen LogP contribution in [0.5, 0.6) is 5.88 Å². The van der Waals surface area contributed by atoms with Crippen LogP contribution in [0.1, 0.15) is 15.9 Å². The van der Waals surface area contributed by atoms with Gasteiger partial charge >= 0.3 is 0 Å². The summed E-state index contributed by atoms with van der Waals surface area (Å²) in [5.41, 5.74) is 3.67. The van der Waals surface area contributed by atoms with Gasteiger partial charge in [0.25, 0.3) is 5.91 Å². The van der Waals surface area contributed by atoms with E-state index in [0.717, 1.165) is 23.1 Å². The molecule has 0 fully saturated rings. The summed E-state index contributed by atoms with van der Waals surface area (Å²) < 4.78 is 5.75. The van der Waals surface area contributed by atoms with Crippen LogP contribution < -0.4 is 15.0 Å². The maximum atomic E-state index is 13.0. The Morgan fingerprint density at radius 1 is 1.21 bits per heavy atom. The fraction of sp³-hybridized carbons (Fsp3) is 0.174. The summed E-state index contributed by atoms with van der Waals surface area (Å²) in [6, 6.07) is 11.1. The molecule has 33 heavy (non-hydrogen) atoms. The predicted octanol–water partition coefficient (Wildman–Crippen LogP) is 5.07. The molecule has 10 heteroatoms. The number of nitrogens with zero attached hydrogens (tertiary/aromatic N) is 4. The van der Waals surface area contributed by atoms with Gasteiger partial charge in [0.15, 0.2) is 6.73 Å². The van der Waals surface area contributed by atoms with Crippen molar-refractivity contribution in [2.75, 3.05) is 31.0 Å². The lowest BCUT2D eigenvalue weighted by molar-refractivity contribution is 0.0932. The van der Waals surface area contributed by atoms with Gasteiger partial charge in [-0.2, -0.15) is 4.98 Å². The van der Waals surface area contributed by atoms with Gasteiger partial charge in [-0.25, -0.2) is 4.98 Å². The molecule has 2 aromatic carbocycles. The third-order valence-electron chi connectivity index (χ3n) is 5.28. The number of carbonyl (C=O) groups is 1. The Labute approximate surface area is 200 Å². The Bertz CT molecular complexity index is 1350. The molecule has 0 saturated heterocycles. The molecule has 1 aliphatic heterocycles. The molecular formula is C23H20Cl2N6O2. The second-order valence-corrected chi connectivity index (χ2v) is 8.74. The molecule has 0 bridgehead atoms. The van der Waals surface area contributed by atoms with E-state index in [-0.39, 0.29) is 24.1 Å². The number of hydrogen-bond donors (Lipinski definition) is 2. The lowest BCUT2D eigenvalue weighted by atomic mass is 10.1. The Hall–Kier alpha value is -3.33. The van der Waals surface area contributed by atoms with E-state index in [4.69, 9.17) is 27.9 Å². The molecule has 168 valence electrons. The van der Waals surface area contributed by atoms with Crippen molar-refractivity contribution in [3.63, 3.8) is 0 Å². The van der Waals surface area contributed by atoms with Gasteiger partial charge in [-0.3, -0.25) is 9.69 Å². The first kappa shape index (κ1) is 21.5. The van der Waals surface area contributed by atoms with Crippen molar-refractivity contribution >= 4 is 57.3 Å². The minimum Gasteiger partial charge on any atom is -0.455 e. The SMILES string of the molecule is CN(C)Cc1c[nH]c2cc(Nc3ncc4c(n3)OCN(c3c(Cl)cccc3Cl)C4=O)ccc12. The molecule has 4 aromatic rings.